The molecule has 94 valence electrons. The van der Waals surface area contributed by atoms with Crippen LogP contribution in [0.25, 0.3) is 0 Å². The molecule has 0 saturated heterocycles. The van der Waals surface area contributed by atoms with Crippen LogP contribution in [0.2, 0.25) is 0 Å². The Morgan fingerprint density at radius 2 is 1.89 bits per heavy atom. The van der Waals surface area contributed by atoms with Crippen molar-refractivity contribution in [2.45, 2.75) is 13.5 Å². The minimum atomic E-state index is 0.517. The summed E-state index contributed by atoms with van der Waals surface area (Å²) in [5.41, 5.74) is 8.62. The number of ether oxygens (including phenoxy) is 1. The van der Waals surface area contributed by atoms with Gasteiger partial charge in [-0.1, -0.05) is 37.9 Å². The number of hydrogen-bond donors (Lipinski definition) is 1. The third-order valence-electron chi connectivity index (χ3n) is 2.60. The first-order valence-electron chi connectivity index (χ1n) is 5.49. The highest BCUT2D eigenvalue weighted by atomic mass is 79.9. The molecule has 2 aromatic rings. The molecule has 2 rings (SSSR count). The molecule has 0 aromatic heterocycles. The minimum absolute atomic E-state index is 0.517. The number of benzene rings is 2. The third kappa shape index (κ3) is 3.27. The van der Waals surface area contributed by atoms with E-state index in [0.29, 0.717) is 6.61 Å². The molecular weight excluding hydrogens is 358 g/mol. The normalized spacial score (nSPS) is 10.4. The molecule has 4 heteroatoms. The number of anilines is 1. The molecule has 2 N–H and O–H groups in total. The maximum atomic E-state index is 5.81. The lowest BCUT2D eigenvalue weighted by Gasteiger charge is -2.11. The Hall–Kier alpha value is -1.00. The zero-order chi connectivity index (χ0) is 13.1. The Morgan fingerprint density at radius 1 is 1.11 bits per heavy atom. The average molecular weight is 371 g/mol. The van der Waals surface area contributed by atoms with Crippen molar-refractivity contribution in [3.63, 3.8) is 0 Å². The number of aryl methyl sites for hydroxylation is 1. The van der Waals surface area contributed by atoms with Crippen molar-refractivity contribution in [3.8, 4) is 5.75 Å². The molecule has 0 fully saturated rings. The average Bonchev–Trinajstić information content (AvgIpc) is 2.30. The zero-order valence-corrected chi connectivity index (χ0v) is 13.1. The molecular formula is C14H13Br2NO. The molecule has 0 saturated carbocycles. The van der Waals surface area contributed by atoms with Gasteiger partial charge >= 0.3 is 0 Å². The molecule has 0 aliphatic heterocycles. The summed E-state index contributed by atoms with van der Waals surface area (Å²) in [5, 5.41) is 0. The summed E-state index contributed by atoms with van der Waals surface area (Å²) >= 11 is 6.92. The van der Waals surface area contributed by atoms with Gasteiger partial charge in [0.25, 0.3) is 0 Å². The molecule has 0 amide bonds. The predicted octanol–water partition coefficient (Wildman–Crippen LogP) is 4.68. The van der Waals surface area contributed by atoms with Gasteiger partial charge in [-0.15, -0.1) is 0 Å². The molecule has 0 aliphatic rings. The van der Waals surface area contributed by atoms with E-state index in [1.807, 2.05) is 43.3 Å². The molecule has 0 unspecified atom stereocenters. The summed E-state index contributed by atoms with van der Waals surface area (Å²) in [6.07, 6.45) is 0. The number of nitrogen functional groups attached to an aromatic ring is 1. The van der Waals surface area contributed by atoms with E-state index in [1.54, 1.807) is 0 Å². The van der Waals surface area contributed by atoms with Crippen molar-refractivity contribution >= 4 is 37.5 Å². The van der Waals surface area contributed by atoms with Crippen LogP contribution in [0.3, 0.4) is 0 Å². The predicted molar refractivity (Wildman–Crippen MR) is 81.8 cm³/mol. The summed E-state index contributed by atoms with van der Waals surface area (Å²) in [5.74, 6) is 0.891. The van der Waals surface area contributed by atoms with Crippen molar-refractivity contribution < 1.29 is 4.74 Å². The van der Waals surface area contributed by atoms with Crippen LogP contribution in [-0.4, -0.2) is 0 Å². The maximum absolute atomic E-state index is 5.81. The first kappa shape index (κ1) is 13.4. The van der Waals surface area contributed by atoms with E-state index in [2.05, 4.69) is 31.9 Å². The van der Waals surface area contributed by atoms with Gasteiger partial charge in [-0.3, -0.25) is 0 Å². The summed E-state index contributed by atoms with van der Waals surface area (Å²) in [7, 11) is 0. The van der Waals surface area contributed by atoms with Crippen LogP contribution in [0.1, 0.15) is 11.1 Å². The van der Waals surface area contributed by atoms with Gasteiger partial charge in [-0.25, -0.2) is 0 Å². The van der Waals surface area contributed by atoms with E-state index in [9.17, 15) is 0 Å². The minimum Gasteiger partial charge on any atom is -0.489 e. The first-order valence-corrected chi connectivity index (χ1v) is 7.08. The summed E-state index contributed by atoms with van der Waals surface area (Å²) in [6, 6.07) is 11.7. The van der Waals surface area contributed by atoms with E-state index in [-0.39, 0.29) is 0 Å². The van der Waals surface area contributed by atoms with E-state index in [0.717, 1.165) is 31.5 Å². The zero-order valence-electron chi connectivity index (χ0n) is 9.91. The first-order chi connectivity index (χ1) is 8.56. The van der Waals surface area contributed by atoms with Crippen molar-refractivity contribution in [1.29, 1.82) is 0 Å². The SMILES string of the molecule is Cc1cc(Br)ccc1OCc1ccc(N)cc1Br. The van der Waals surface area contributed by atoms with E-state index in [1.165, 1.54) is 0 Å². The summed E-state index contributed by atoms with van der Waals surface area (Å²) in [4.78, 5) is 0. The van der Waals surface area contributed by atoms with Crippen LogP contribution in [0.4, 0.5) is 5.69 Å². The van der Waals surface area contributed by atoms with Crippen molar-refractivity contribution in [2.75, 3.05) is 5.73 Å². The number of rotatable bonds is 3. The van der Waals surface area contributed by atoms with Crippen LogP contribution in [0.5, 0.6) is 5.75 Å². The molecule has 0 heterocycles. The monoisotopic (exact) mass is 369 g/mol. The van der Waals surface area contributed by atoms with Crippen LogP contribution in [-0.2, 0) is 6.61 Å². The molecule has 0 atom stereocenters. The molecule has 0 bridgehead atoms. The lowest BCUT2D eigenvalue weighted by Crippen LogP contribution is -1.98. The van der Waals surface area contributed by atoms with Gasteiger partial charge in [0.1, 0.15) is 12.4 Å². The van der Waals surface area contributed by atoms with Crippen molar-refractivity contribution in [2.24, 2.45) is 0 Å². The van der Waals surface area contributed by atoms with Crippen molar-refractivity contribution in [1.82, 2.24) is 0 Å². The number of nitrogens with two attached hydrogens (primary N) is 1. The van der Waals surface area contributed by atoms with Gasteiger partial charge in [-0.2, -0.15) is 0 Å². The summed E-state index contributed by atoms with van der Waals surface area (Å²) < 4.78 is 7.83. The van der Waals surface area contributed by atoms with Gasteiger partial charge in [0.05, 0.1) is 0 Å². The quantitative estimate of drug-likeness (QED) is 0.796. The third-order valence-corrected chi connectivity index (χ3v) is 3.83. The lowest BCUT2D eigenvalue weighted by atomic mass is 10.2. The Kier molecular flexibility index (Phi) is 4.30. The van der Waals surface area contributed by atoms with E-state index >= 15 is 0 Å². The fraction of sp³-hybridized carbons (Fsp3) is 0.143. The highest BCUT2D eigenvalue weighted by Crippen LogP contribution is 2.25. The van der Waals surface area contributed by atoms with Gasteiger partial charge in [0.2, 0.25) is 0 Å². The second-order valence-electron chi connectivity index (χ2n) is 4.05. The van der Waals surface area contributed by atoms with Crippen LogP contribution < -0.4 is 10.5 Å². The molecule has 0 radical (unpaired) electrons. The number of halogens is 2. The van der Waals surface area contributed by atoms with Gasteiger partial charge in [-0.05, 0) is 42.8 Å². The lowest BCUT2D eigenvalue weighted by molar-refractivity contribution is 0.303. The van der Waals surface area contributed by atoms with Crippen LogP contribution in [0, 0.1) is 6.92 Å². The van der Waals surface area contributed by atoms with Crippen LogP contribution in [0.15, 0.2) is 45.3 Å². The molecule has 2 nitrogen and oxygen atoms in total. The topological polar surface area (TPSA) is 35.2 Å². The Bertz CT molecular complexity index is 518. The Morgan fingerprint density at radius 3 is 2.56 bits per heavy atom. The smallest absolute Gasteiger partial charge is 0.122 e. The second kappa shape index (κ2) is 5.76. The fourth-order valence-electron chi connectivity index (χ4n) is 1.61. The van der Waals surface area contributed by atoms with E-state index in [4.69, 9.17) is 10.5 Å². The van der Waals surface area contributed by atoms with E-state index < -0.39 is 0 Å². The van der Waals surface area contributed by atoms with Gasteiger partial charge in [0.15, 0.2) is 0 Å². The Labute approximate surface area is 123 Å². The standard InChI is InChI=1S/C14H13Br2NO/c1-9-6-11(15)3-5-14(9)18-8-10-2-4-12(17)7-13(10)16/h2-7H,8,17H2,1H3. The van der Waals surface area contributed by atoms with Crippen LogP contribution >= 0.6 is 31.9 Å². The Balaban J connectivity index is 2.11. The highest BCUT2D eigenvalue weighted by molar-refractivity contribution is 9.10. The molecule has 18 heavy (non-hydrogen) atoms. The highest BCUT2D eigenvalue weighted by Gasteiger charge is 2.04. The number of hydrogen-bond acceptors (Lipinski definition) is 2. The van der Waals surface area contributed by atoms with Gasteiger partial charge in [0, 0.05) is 20.2 Å². The summed E-state index contributed by atoms with van der Waals surface area (Å²) in [6.45, 7) is 2.54. The van der Waals surface area contributed by atoms with Crippen molar-refractivity contribution in [3.05, 3.63) is 56.5 Å². The van der Waals surface area contributed by atoms with Gasteiger partial charge < -0.3 is 10.5 Å². The second-order valence-corrected chi connectivity index (χ2v) is 5.82. The maximum Gasteiger partial charge on any atom is 0.122 e. The fourth-order valence-corrected chi connectivity index (χ4v) is 2.60. The molecule has 2 aromatic carbocycles. The molecule has 0 spiro atoms. The molecule has 0 aliphatic carbocycles. The largest absolute Gasteiger partial charge is 0.489 e.